The summed E-state index contributed by atoms with van der Waals surface area (Å²) >= 11 is 0. The van der Waals surface area contributed by atoms with Crippen LogP contribution in [0.5, 0.6) is 0 Å². The van der Waals surface area contributed by atoms with Crippen LogP contribution in [-0.4, -0.2) is 70.0 Å². The quantitative estimate of drug-likeness (QED) is 0.0222. The molecule has 9 nitrogen and oxygen atoms in total. The fraction of sp³-hybridized carbons (Fsp3) is 0.650. The largest absolute Gasteiger partial charge is 0.756 e. The highest BCUT2D eigenvalue weighted by Crippen LogP contribution is 2.38. The number of phosphoric acid groups is 1. The molecule has 0 N–H and O–H groups in total. The number of hydrogen-bond donors (Lipinski definition) is 0. The molecule has 2 atom stereocenters. The molecule has 1 unspecified atom stereocenters. The molecule has 0 heterocycles. The minimum atomic E-state index is -4.63. The molecular formula is C40H68NO8P. The van der Waals surface area contributed by atoms with Gasteiger partial charge in [0.15, 0.2) is 6.10 Å². The Kier molecular flexibility index (Phi) is 30.7. The fourth-order valence-corrected chi connectivity index (χ4v) is 5.05. The predicted molar refractivity (Wildman–Crippen MR) is 203 cm³/mol. The third kappa shape index (κ3) is 35.3. The molecule has 0 fully saturated rings. The number of allylic oxidation sites excluding steroid dienone is 12. The monoisotopic (exact) mass is 721 g/mol. The number of nitrogens with zero attached hydrogens (tertiary/aromatic N) is 1. The van der Waals surface area contributed by atoms with Gasteiger partial charge in [-0.05, 0) is 51.4 Å². The van der Waals surface area contributed by atoms with E-state index in [4.69, 9.17) is 18.5 Å². The van der Waals surface area contributed by atoms with Crippen LogP contribution in [0, 0.1) is 0 Å². The summed E-state index contributed by atoms with van der Waals surface area (Å²) < 4.78 is 33.5. The first-order chi connectivity index (χ1) is 24.0. The lowest BCUT2D eigenvalue weighted by Gasteiger charge is -2.28. The number of esters is 2. The highest BCUT2D eigenvalue weighted by molar-refractivity contribution is 7.45. The average molecular weight is 722 g/mol. The van der Waals surface area contributed by atoms with Crippen molar-refractivity contribution >= 4 is 19.8 Å². The topological polar surface area (TPSA) is 111 Å². The van der Waals surface area contributed by atoms with Crippen LogP contribution in [0.15, 0.2) is 72.9 Å². The van der Waals surface area contributed by atoms with E-state index in [-0.39, 0.29) is 26.1 Å². The predicted octanol–water partition coefficient (Wildman–Crippen LogP) is 9.27. The second-order valence-corrected chi connectivity index (χ2v) is 14.6. The van der Waals surface area contributed by atoms with Crippen LogP contribution < -0.4 is 4.89 Å². The lowest BCUT2D eigenvalue weighted by atomic mass is 10.1. The number of likely N-dealkylation sites (N-methyl/N-ethyl adjacent to an activating group) is 1. The highest BCUT2D eigenvalue weighted by atomic mass is 31.2. The molecule has 0 aromatic carbocycles. The fourth-order valence-electron chi connectivity index (χ4n) is 4.32. The summed E-state index contributed by atoms with van der Waals surface area (Å²) in [5, 5.41) is 0. The van der Waals surface area contributed by atoms with Crippen LogP contribution >= 0.6 is 7.82 Å². The second-order valence-electron chi connectivity index (χ2n) is 13.2. The minimum absolute atomic E-state index is 0.0475. The van der Waals surface area contributed by atoms with Crippen LogP contribution in [0.4, 0.5) is 0 Å². The van der Waals surface area contributed by atoms with Crippen molar-refractivity contribution in [1.29, 1.82) is 0 Å². The van der Waals surface area contributed by atoms with Crippen LogP contribution in [0.25, 0.3) is 0 Å². The maximum absolute atomic E-state index is 12.5. The van der Waals surface area contributed by atoms with E-state index < -0.39 is 32.5 Å². The number of carbonyl (C=O) groups is 2. The molecule has 0 bridgehead atoms. The SMILES string of the molecule is CC/C=C/C/C=C/C/C=C/C/C=C/C/C=C/C/C=C/CCC(=O)O[C@H](COC(=O)CCCCCCCCC)COP(=O)([O-])OCC[N+](C)(C)C. The molecule has 0 aliphatic carbocycles. The van der Waals surface area contributed by atoms with Gasteiger partial charge in [-0.2, -0.15) is 0 Å². The smallest absolute Gasteiger partial charge is 0.306 e. The molecule has 0 amide bonds. The Bertz CT molecular complexity index is 1090. The van der Waals surface area contributed by atoms with Gasteiger partial charge in [-0.3, -0.25) is 14.2 Å². The summed E-state index contributed by atoms with van der Waals surface area (Å²) in [5.41, 5.74) is 0. The van der Waals surface area contributed by atoms with E-state index in [0.717, 1.165) is 57.8 Å². The van der Waals surface area contributed by atoms with Crippen molar-refractivity contribution in [1.82, 2.24) is 0 Å². The zero-order valence-corrected chi connectivity index (χ0v) is 32.7. The van der Waals surface area contributed by atoms with Crippen molar-refractivity contribution < 1.29 is 42.1 Å². The number of phosphoric ester groups is 1. The normalized spacial score (nSPS) is 14.6. The van der Waals surface area contributed by atoms with E-state index >= 15 is 0 Å². The molecule has 0 saturated heterocycles. The van der Waals surface area contributed by atoms with Gasteiger partial charge >= 0.3 is 11.9 Å². The standard InChI is InChI=1S/C40H68NO8P/c1-6-8-10-12-14-15-16-17-18-19-20-21-22-23-24-25-27-29-31-33-40(43)49-38(37-48-50(44,45)47-35-34-41(3,4)5)36-46-39(42)32-30-28-26-13-11-9-7-2/h8,10,14-15,17-18,20-21,23-24,27,29,38H,6-7,9,11-13,16,19,22,25-26,28,30-37H2,1-5H3/b10-8+,15-14+,18-17+,21-20+,24-23+,29-27+/t38-/m1/s1. The Balaban J connectivity index is 4.55. The molecule has 0 aliphatic heterocycles. The van der Waals surface area contributed by atoms with E-state index in [1.807, 2.05) is 33.3 Å². The van der Waals surface area contributed by atoms with Crippen molar-refractivity contribution in [3.63, 3.8) is 0 Å². The molecule has 0 aromatic rings. The molecule has 50 heavy (non-hydrogen) atoms. The summed E-state index contributed by atoms with van der Waals surface area (Å²) in [7, 11) is 1.10. The highest BCUT2D eigenvalue weighted by Gasteiger charge is 2.21. The Morgan fingerprint density at radius 1 is 0.640 bits per heavy atom. The molecule has 0 saturated carbocycles. The summed E-state index contributed by atoms with van der Waals surface area (Å²) in [6.07, 6.45) is 38.3. The maximum atomic E-state index is 12.5. The first-order valence-corrected chi connectivity index (χ1v) is 20.1. The number of quaternary nitrogens is 1. The number of hydrogen-bond acceptors (Lipinski definition) is 8. The summed E-state index contributed by atoms with van der Waals surface area (Å²) in [6, 6.07) is 0. The summed E-state index contributed by atoms with van der Waals surface area (Å²) in [6.45, 7) is 3.93. The van der Waals surface area contributed by atoms with Crippen molar-refractivity contribution in [2.24, 2.45) is 0 Å². The molecule has 0 aliphatic rings. The van der Waals surface area contributed by atoms with Gasteiger partial charge in [0.05, 0.1) is 27.7 Å². The maximum Gasteiger partial charge on any atom is 0.306 e. The summed E-state index contributed by atoms with van der Waals surface area (Å²) in [4.78, 5) is 37.1. The van der Waals surface area contributed by atoms with Gasteiger partial charge in [-0.1, -0.05) is 125 Å². The lowest BCUT2D eigenvalue weighted by Crippen LogP contribution is -2.37. The third-order valence-corrected chi connectivity index (χ3v) is 8.22. The van der Waals surface area contributed by atoms with Gasteiger partial charge < -0.3 is 27.9 Å². The first-order valence-electron chi connectivity index (χ1n) is 18.6. The molecular weight excluding hydrogens is 653 g/mol. The van der Waals surface area contributed by atoms with Gasteiger partial charge in [0, 0.05) is 12.8 Å². The zero-order chi connectivity index (χ0) is 37.2. The molecule has 286 valence electrons. The Morgan fingerprint density at radius 3 is 1.66 bits per heavy atom. The van der Waals surface area contributed by atoms with Crippen molar-refractivity contribution in [3.05, 3.63) is 72.9 Å². The zero-order valence-electron chi connectivity index (χ0n) is 31.8. The van der Waals surface area contributed by atoms with Crippen LogP contribution in [-0.2, 0) is 32.7 Å². The van der Waals surface area contributed by atoms with Crippen molar-refractivity contribution in [2.45, 2.75) is 123 Å². The van der Waals surface area contributed by atoms with Gasteiger partial charge in [-0.15, -0.1) is 0 Å². The number of carbonyl (C=O) groups excluding carboxylic acids is 2. The molecule has 0 aromatic heterocycles. The first kappa shape index (κ1) is 47.4. The van der Waals surface area contributed by atoms with Crippen LogP contribution in [0.1, 0.15) is 117 Å². The van der Waals surface area contributed by atoms with Crippen LogP contribution in [0.3, 0.4) is 0 Å². The summed E-state index contributed by atoms with van der Waals surface area (Å²) in [5.74, 6) is -0.949. The molecule has 10 heteroatoms. The molecule has 0 rings (SSSR count). The number of rotatable bonds is 32. The number of unbranched alkanes of at least 4 members (excludes halogenated alkanes) is 6. The Labute approximate surface area is 304 Å². The van der Waals surface area contributed by atoms with Crippen molar-refractivity contribution in [2.75, 3.05) is 47.5 Å². The second kappa shape index (κ2) is 32.4. The Hall–Kier alpha value is -2.55. The van der Waals surface area contributed by atoms with Crippen molar-refractivity contribution in [3.8, 4) is 0 Å². The minimum Gasteiger partial charge on any atom is -0.756 e. The average Bonchev–Trinajstić information content (AvgIpc) is 3.06. The Morgan fingerprint density at radius 2 is 1.14 bits per heavy atom. The van der Waals surface area contributed by atoms with Gasteiger partial charge in [0.25, 0.3) is 7.82 Å². The third-order valence-electron chi connectivity index (χ3n) is 7.25. The van der Waals surface area contributed by atoms with E-state index in [9.17, 15) is 19.0 Å². The lowest BCUT2D eigenvalue weighted by molar-refractivity contribution is -0.870. The van der Waals surface area contributed by atoms with E-state index in [2.05, 4.69) is 74.6 Å². The molecule has 0 radical (unpaired) electrons. The van der Waals surface area contributed by atoms with Crippen LogP contribution in [0.2, 0.25) is 0 Å². The van der Waals surface area contributed by atoms with E-state index in [0.29, 0.717) is 23.9 Å². The van der Waals surface area contributed by atoms with Gasteiger partial charge in [-0.25, -0.2) is 0 Å². The number of ether oxygens (including phenoxy) is 2. The van der Waals surface area contributed by atoms with Gasteiger partial charge in [0.1, 0.15) is 19.8 Å². The van der Waals surface area contributed by atoms with E-state index in [1.165, 1.54) is 19.3 Å². The molecule has 0 spiro atoms. The van der Waals surface area contributed by atoms with Gasteiger partial charge in [0.2, 0.25) is 0 Å². The van der Waals surface area contributed by atoms with E-state index in [1.54, 1.807) is 0 Å².